The molecule has 0 spiro atoms. The Morgan fingerprint density at radius 1 is 1.41 bits per heavy atom. The number of aliphatic hydroxyl groups is 5. The number of hydrogen-bond acceptors (Lipinski definition) is 8. The van der Waals surface area contributed by atoms with Crippen molar-refractivity contribution in [2.75, 3.05) is 6.61 Å². The first kappa shape index (κ1) is 18.7. The van der Waals surface area contributed by atoms with Crippen LogP contribution >= 0.6 is 0 Å². The van der Waals surface area contributed by atoms with E-state index in [0.717, 1.165) is 6.92 Å². The second kappa shape index (κ2) is 6.81. The van der Waals surface area contributed by atoms with E-state index in [4.69, 9.17) is 10.2 Å². The van der Waals surface area contributed by atoms with Gasteiger partial charge in [-0.1, -0.05) is 0 Å². The molecule has 10 nitrogen and oxygen atoms in total. The lowest BCUT2D eigenvalue weighted by Gasteiger charge is -2.46. The van der Waals surface area contributed by atoms with E-state index >= 15 is 0 Å². The molecule has 1 aliphatic heterocycles. The number of amides is 1. The zero-order chi connectivity index (χ0) is 17.2. The lowest BCUT2D eigenvalue weighted by molar-refractivity contribution is -0.320. The largest absolute Gasteiger partial charge is 0.477 e. The van der Waals surface area contributed by atoms with Crippen LogP contribution < -0.4 is 5.32 Å². The number of halogens is 1. The number of nitrogens with one attached hydrogen (secondary N) is 1. The number of alkyl halides is 1. The Balaban J connectivity index is 3.19. The summed E-state index contributed by atoms with van der Waals surface area (Å²) >= 11 is 0. The lowest BCUT2D eigenvalue weighted by Crippen LogP contribution is -2.72. The Morgan fingerprint density at radius 2 is 1.95 bits per heavy atom. The molecule has 0 aliphatic carbocycles. The van der Waals surface area contributed by atoms with Gasteiger partial charge in [-0.05, 0) is 0 Å². The monoisotopic (exact) mass is 327 g/mol. The molecular formula is C11H18FNO9. The van der Waals surface area contributed by atoms with Crippen molar-refractivity contribution in [2.45, 2.75) is 49.3 Å². The predicted molar refractivity (Wildman–Crippen MR) is 65.1 cm³/mol. The number of carbonyl (C=O) groups excluding carboxylic acids is 1. The molecule has 1 rings (SSSR count). The second-order valence-corrected chi connectivity index (χ2v) is 4.94. The molecule has 7 atom stereocenters. The minimum absolute atomic E-state index is 0.767. The highest BCUT2D eigenvalue weighted by Gasteiger charge is 2.61. The van der Waals surface area contributed by atoms with Crippen LogP contribution in [0.25, 0.3) is 0 Å². The summed E-state index contributed by atoms with van der Waals surface area (Å²) in [6, 6.07) is -1.66. The Bertz CT molecular complexity index is 436. The van der Waals surface area contributed by atoms with Gasteiger partial charge in [-0.25, -0.2) is 9.18 Å². The molecule has 128 valence electrons. The fraction of sp³-hybridized carbons (Fsp3) is 0.818. The summed E-state index contributed by atoms with van der Waals surface area (Å²) in [6.07, 6.45) is -10.8. The maximum absolute atomic E-state index is 13.9. The fourth-order valence-corrected chi connectivity index (χ4v) is 2.13. The van der Waals surface area contributed by atoms with Crippen molar-refractivity contribution in [1.82, 2.24) is 5.32 Å². The third-order valence-electron chi connectivity index (χ3n) is 3.31. The summed E-state index contributed by atoms with van der Waals surface area (Å²) in [6.45, 7) is 0.0400. The number of carboxylic acids is 1. The number of ether oxygens (including phenoxy) is 1. The molecule has 1 fully saturated rings. The van der Waals surface area contributed by atoms with E-state index in [2.05, 4.69) is 4.74 Å². The van der Waals surface area contributed by atoms with Crippen LogP contribution in [0.2, 0.25) is 0 Å². The van der Waals surface area contributed by atoms with Crippen LogP contribution in [0.15, 0.2) is 0 Å². The number of carboxylic acid groups (broad SMARTS) is 1. The van der Waals surface area contributed by atoms with Crippen molar-refractivity contribution in [1.29, 1.82) is 0 Å². The Morgan fingerprint density at radius 3 is 2.36 bits per heavy atom. The molecule has 22 heavy (non-hydrogen) atoms. The van der Waals surface area contributed by atoms with Crippen molar-refractivity contribution in [3.8, 4) is 0 Å². The average molecular weight is 327 g/mol. The van der Waals surface area contributed by atoms with E-state index in [-0.39, 0.29) is 0 Å². The van der Waals surface area contributed by atoms with Crippen LogP contribution in [0.5, 0.6) is 0 Å². The third-order valence-corrected chi connectivity index (χ3v) is 3.31. The zero-order valence-electron chi connectivity index (χ0n) is 11.5. The van der Waals surface area contributed by atoms with Crippen molar-refractivity contribution in [3.05, 3.63) is 0 Å². The normalized spacial score (nSPS) is 38.1. The molecule has 0 aromatic heterocycles. The Kier molecular flexibility index (Phi) is 5.78. The summed E-state index contributed by atoms with van der Waals surface area (Å²) in [5.41, 5.74) is 0. The fourth-order valence-electron chi connectivity index (χ4n) is 2.13. The molecule has 11 heteroatoms. The number of hydrogen-bond donors (Lipinski definition) is 7. The van der Waals surface area contributed by atoms with E-state index in [1.807, 2.05) is 5.32 Å². The number of carbonyl (C=O) groups is 2. The van der Waals surface area contributed by atoms with Crippen LogP contribution in [0.3, 0.4) is 0 Å². The van der Waals surface area contributed by atoms with Crippen LogP contribution in [0.4, 0.5) is 4.39 Å². The molecule has 0 radical (unpaired) electrons. The highest BCUT2D eigenvalue weighted by atomic mass is 19.1. The van der Waals surface area contributed by atoms with E-state index in [0.29, 0.717) is 0 Å². The maximum atomic E-state index is 13.9. The standard InChI is InChI=1S/C11H18FNO9/c1-3(15)13-5-7(18)9(12)11(21,10(19)20)22-8(5)6(17)4(16)2-14/h4-9,14,16-18,21H,2H2,1H3,(H,13,15)(H,19,20)/t4-,5+,6-,7+,8+,9-,11-/m0/s1. The van der Waals surface area contributed by atoms with E-state index < -0.39 is 60.9 Å². The summed E-state index contributed by atoms with van der Waals surface area (Å²) in [5.74, 6) is -6.43. The second-order valence-electron chi connectivity index (χ2n) is 4.94. The SMILES string of the molecule is CC(=O)N[C@@H]1[C@@H](O)[C@H](F)[C@@](O)(C(=O)O)O[C@H]1[C@@H](O)[C@@H](O)CO. The van der Waals surface area contributed by atoms with Crippen LogP contribution in [0, 0.1) is 0 Å². The lowest BCUT2D eigenvalue weighted by atomic mass is 9.87. The highest BCUT2D eigenvalue weighted by Crippen LogP contribution is 2.32. The molecule has 0 bridgehead atoms. The number of aliphatic hydroxyl groups excluding tert-OH is 4. The Labute approximate surface area is 123 Å². The first-order valence-electron chi connectivity index (χ1n) is 6.26. The molecule has 1 heterocycles. The van der Waals surface area contributed by atoms with Gasteiger partial charge < -0.3 is 40.7 Å². The van der Waals surface area contributed by atoms with Gasteiger partial charge in [0.25, 0.3) is 0 Å². The first-order valence-corrected chi connectivity index (χ1v) is 6.26. The first-order chi connectivity index (χ1) is 10.1. The van der Waals surface area contributed by atoms with Gasteiger partial charge in [-0.15, -0.1) is 0 Å². The van der Waals surface area contributed by atoms with Crippen molar-refractivity contribution >= 4 is 11.9 Å². The molecule has 0 aromatic rings. The highest BCUT2D eigenvalue weighted by molar-refractivity contribution is 5.77. The average Bonchev–Trinajstić information content (AvgIpc) is 2.45. The van der Waals surface area contributed by atoms with Gasteiger partial charge in [-0.2, -0.15) is 0 Å². The molecule has 1 saturated heterocycles. The third kappa shape index (κ3) is 3.34. The molecule has 0 aromatic carbocycles. The van der Waals surface area contributed by atoms with Crippen LogP contribution in [-0.2, 0) is 14.3 Å². The van der Waals surface area contributed by atoms with E-state index in [1.165, 1.54) is 0 Å². The quantitative estimate of drug-likeness (QED) is 0.266. The van der Waals surface area contributed by atoms with E-state index in [1.54, 1.807) is 0 Å². The van der Waals surface area contributed by atoms with Crippen molar-refractivity contribution in [3.63, 3.8) is 0 Å². The number of rotatable bonds is 5. The molecule has 1 amide bonds. The summed E-state index contributed by atoms with van der Waals surface area (Å²) < 4.78 is 18.5. The van der Waals surface area contributed by atoms with Crippen molar-refractivity contribution < 1.29 is 49.4 Å². The summed E-state index contributed by atoms with van der Waals surface area (Å²) in [4.78, 5) is 22.1. The molecule has 0 saturated carbocycles. The molecule has 1 aliphatic rings. The maximum Gasteiger partial charge on any atom is 0.367 e. The number of aliphatic carboxylic acids is 1. The minimum atomic E-state index is -3.49. The Hall–Kier alpha value is -1.37. The molecular weight excluding hydrogens is 309 g/mol. The zero-order valence-corrected chi connectivity index (χ0v) is 11.5. The van der Waals surface area contributed by atoms with Gasteiger partial charge >= 0.3 is 11.8 Å². The molecule has 0 unspecified atom stereocenters. The predicted octanol–water partition coefficient (Wildman–Crippen LogP) is -3.92. The van der Waals surface area contributed by atoms with E-state index in [9.17, 15) is 34.4 Å². The molecule has 7 N–H and O–H groups in total. The topological polar surface area (TPSA) is 177 Å². The van der Waals surface area contributed by atoms with Crippen LogP contribution in [-0.4, -0.2) is 91.5 Å². The minimum Gasteiger partial charge on any atom is -0.477 e. The van der Waals surface area contributed by atoms with Crippen molar-refractivity contribution in [2.24, 2.45) is 0 Å². The van der Waals surface area contributed by atoms with Gasteiger partial charge in [0.15, 0.2) is 6.17 Å². The van der Waals surface area contributed by atoms with Gasteiger partial charge in [0.05, 0.1) is 12.6 Å². The van der Waals surface area contributed by atoms with Gasteiger partial charge in [0.2, 0.25) is 5.91 Å². The summed E-state index contributed by atoms with van der Waals surface area (Å²) in [5, 5.41) is 58.4. The van der Waals surface area contributed by atoms with Crippen LogP contribution in [0.1, 0.15) is 6.92 Å². The van der Waals surface area contributed by atoms with Gasteiger partial charge in [0, 0.05) is 6.92 Å². The summed E-state index contributed by atoms with van der Waals surface area (Å²) in [7, 11) is 0. The van der Waals surface area contributed by atoms with Gasteiger partial charge in [0.1, 0.15) is 24.4 Å². The van der Waals surface area contributed by atoms with Gasteiger partial charge in [-0.3, -0.25) is 4.79 Å². The smallest absolute Gasteiger partial charge is 0.367 e.